The molecule has 4 aliphatic carbocycles. The molecule has 0 heterocycles. The normalized spacial score (nSPS) is 47.6. The molecule has 0 radical (unpaired) electrons. The Morgan fingerprint density at radius 2 is 1.94 bits per heavy atom. The van der Waals surface area contributed by atoms with Gasteiger partial charge in [0.1, 0.15) is 11.8 Å². The van der Waals surface area contributed by atoms with Gasteiger partial charge in [-0.15, -0.1) is 0 Å². The van der Waals surface area contributed by atoms with Crippen molar-refractivity contribution in [3.8, 4) is 0 Å². The van der Waals surface area contributed by atoms with Crippen LogP contribution in [0.1, 0.15) is 47.0 Å². The molecule has 0 aliphatic heterocycles. The molecule has 0 saturated heterocycles. The van der Waals surface area contributed by atoms with Crippen molar-refractivity contribution >= 4 is 17.5 Å². The maximum atomic E-state index is 15.4. The Hall–Kier alpha value is -1.93. The summed E-state index contributed by atoms with van der Waals surface area (Å²) in [6.07, 6.45) is 0.212. The quantitative estimate of drug-likeness (QED) is 0.639. The third-order valence-electron chi connectivity index (χ3n) is 8.97. The third-order valence-corrected chi connectivity index (χ3v) is 8.97. The van der Waals surface area contributed by atoms with E-state index in [4.69, 9.17) is 4.74 Å². The lowest BCUT2D eigenvalue weighted by Crippen LogP contribution is -2.63. The zero-order valence-electron chi connectivity index (χ0n) is 18.7. The number of Topliss-reactive ketones (excluding diaryl/α,β-unsaturated/α-hetero) is 1. The van der Waals surface area contributed by atoms with Gasteiger partial charge >= 0.3 is 5.97 Å². The van der Waals surface area contributed by atoms with Crippen molar-refractivity contribution in [2.75, 3.05) is 6.61 Å². The van der Waals surface area contributed by atoms with E-state index < -0.39 is 76.4 Å². The van der Waals surface area contributed by atoms with Gasteiger partial charge in [0.05, 0.1) is 6.10 Å². The van der Waals surface area contributed by atoms with Crippen LogP contribution in [-0.4, -0.2) is 52.2 Å². The monoisotopic (exact) mass is 452 g/mol. The zero-order valence-corrected chi connectivity index (χ0v) is 18.7. The molecule has 9 atom stereocenters. The van der Waals surface area contributed by atoms with E-state index in [1.165, 1.54) is 13.0 Å². The number of ether oxygens (including phenoxy) is 1. The lowest BCUT2D eigenvalue weighted by atomic mass is 9.45. The maximum Gasteiger partial charge on any atom is 0.303 e. The number of ketones is 2. The van der Waals surface area contributed by atoms with Crippen LogP contribution in [0.3, 0.4) is 0 Å². The van der Waals surface area contributed by atoms with Gasteiger partial charge in [-0.3, -0.25) is 14.4 Å². The molecular formula is C24H30F2O6. The van der Waals surface area contributed by atoms with Crippen LogP contribution >= 0.6 is 0 Å². The minimum atomic E-state index is -1.86. The highest BCUT2D eigenvalue weighted by Gasteiger charge is 2.71. The molecular weight excluding hydrogens is 422 g/mol. The summed E-state index contributed by atoms with van der Waals surface area (Å²) < 4.78 is 34.9. The second-order valence-corrected chi connectivity index (χ2v) is 10.5. The number of rotatable bonds is 3. The van der Waals surface area contributed by atoms with Crippen molar-refractivity contribution in [3.63, 3.8) is 0 Å². The van der Waals surface area contributed by atoms with Gasteiger partial charge in [0, 0.05) is 29.2 Å². The Balaban J connectivity index is 1.76. The summed E-state index contributed by atoms with van der Waals surface area (Å²) in [6.45, 7) is 5.71. The standard InChI is InChI=1S/C24H30F2O6/c1-11-7-14-13-8-15(25)20-21(26)16(28)5-6-22(20,3)19(13)17(29)9-23(14,4)24(11,31)18(30)10-32-12(2)27/h5-6,11,13-15,17,19,29,31H,7-10H2,1-4H3/t11-,13-,14-,15-,17-,19+,22+,23-,24-/m0/s1. The molecule has 8 heteroatoms. The maximum absolute atomic E-state index is 15.4. The summed E-state index contributed by atoms with van der Waals surface area (Å²) in [6, 6.07) is 0. The van der Waals surface area contributed by atoms with Gasteiger partial charge in [-0.2, -0.15) is 0 Å². The average Bonchev–Trinajstić information content (AvgIpc) is 2.90. The highest BCUT2D eigenvalue weighted by Crippen LogP contribution is 2.68. The summed E-state index contributed by atoms with van der Waals surface area (Å²) in [5, 5.41) is 23.0. The van der Waals surface area contributed by atoms with Crippen molar-refractivity contribution in [2.24, 2.45) is 34.5 Å². The summed E-state index contributed by atoms with van der Waals surface area (Å²) >= 11 is 0. The number of fused-ring (bicyclic) bond motifs is 5. The van der Waals surface area contributed by atoms with Crippen molar-refractivity contribution in [1.82, 2.24) is 0 Å². The Morgan fingerprint density at radius 1 is 1.28 bits per heavy atom. The lowest BCUT2D eigenvalue weighted by molar-refractivity contribution is -0.187. The molecule has 0 aromatic carbocycles. The number of halogens is 2. The number of carbonyl (C=O) groups excluding carboxylic acids is 3. The molecule has 4 aliphatic rings. The zero-order chi connectivity index (χ0) is 23.8. The molecule has 2 N–H and O–H groups in total. The topological polar surface area (TPSA) is 101 Å². The fourth-order valence-electron chi connectivity index (χ4n) is 7.64. The van der Waals surface area contributed by atoms with Gasteiger partial charge in [0.2, 0.25) is 11.6 Å². The van der Waals surface area contributed by atoms with Gasteiger partial charge in [-0.1, -0.05) is 26.8 Å². The highest BCUT2D eigenvalue weighted by molar-refractivity contribution is 6.04. The van der Waals surface area contributed by atoms with Crippen LogP contribution < -0.4 is 0 Å². The van der Waals surface area contributed by atoms with Gasteiger partial charge in [-0.05, 0) is 43.1 Å². The molecule has 0 bridgehead atoms. The van der Waals surface area contributed by atoms with Crippen LogP contribution in [0.2, 0.25) is 0 Å². The molecule has 3 saturated carbocycles. The Morgan fingerprint density at radius 3 is 2.56 bits per heavy atom. The second-order valence-electron chi connectivity index (χ2n) is 10.5. The SMILES string of the molecule is CC(=O)OCC(=O)[C@@]1(O)[C@@H](C)C[C@H]2[C@@H]3C[C@H](F)C4=C(F)C(=O)C=C[C@]4(C)[C@H]3[C@@H](O)C[C@@]21C. The lowest BCUT2D eigenvalue weighted by Gasteiger charge is -2.60. The van der Waals surface area contributed by atoms with Crippen LogP contribution in [0.25, 0.3) is 0 Å². The van der Waals surface area contributed by atoms with Crippen LogP contribution in [0.5, 0.6) is 0 Å². The van der Waals surface area contributed by atoms with Crippen molar-refractivity contribution < 1.29 is 38.1 Å². The number of esters is 1. The van der Waals surface area contributed by atoms with Crippen molar-refractivity contribution in [2.45, 2.75) is 64.8 Å². The molecule has 3 fully saturated rings. The first-order chi connectivity index (χ1) is 14.8. The molecule has 0 aromatic rings. The smallest absolute Gasteiger partial charge is 0.303 e. The fourth-order valence-corrected chi connectivity index (χ4v) is 7.64. The molecule has 0 spiro atoms. The van der Waals surface area contributed by atoms with Gasteiger partial charge in [-0.25, -0.2) is 8.78 Å². The van der Waals surface area contributed by atoms with E-state index in [9.17, 15) is 29.0 Å². The number of allylic oxidation sites excluding steroid dienone is 4. The fraction of sp³-hybridized carbons (Fsp3) is 0.708. The first-order valence-corrected chi connectivity index (χ1v) is 11.1. The minimum Gasteiger partial charge on any atom is -0.458 e. The van der Waals surface area contributed by atoms with Crippen LogP contribution in [0.15, 0.2) is 23.6 Å². The van der Waals surface area contributed by atoms with Crippen LogP contribution in [-0.2, 0) is 19.1 Å². The van der Waals surface area contributed by atoms with Crippen LogP contribution in [0.4, 0.5) is 8.78 Å². The number of hydrogen-bond donors (Lipinski definition) is 2. The van der Waals surface area contributed by atoms with E-state index in [0.29, 0.717) is 6.42 Å². The molecule has 6 nitrogen and oxygen atoms in total. The third kappa shape index (κ3) is 2.84. The molecule has 0 unspecified atom stereocenters. The van der Waals surface area contributed by atoms with E-state index in [1.54, 1.807) is 20.8 Å². The Kier molecular flexibility index (Phi) is 5.29. The van der Waals surface area contributed by atoms with Gasteiger partial charge < -0.3 is 14.9 Å². The summed E-state index contributed by atoms with van der Waals surface area (Å²) in [4.78, 5) is 36.1. The van der Waals surface area contributed by atoms with Crippen molar-refractivity contribution in [1.29, 1.82) is 0 Å². The Bertz CT molecular complexity index is 943. The van der Waals surface area contributed by atoms with E-state index >= 15 is 4.39 Å². The average molecular weight is 452 g/mol. The van der Waals surface area contributed by atoms with E-state index in [0.717, 1.165) is 6.08 Å². The summed E-state index contributed by atoms with van der Waals surface area (Å²) in [5.74, 6) is -5.05. The van der Waals surface area contributed by atoms with Gasteiger partial charge in [0.25, 0.3) is 0 Å². The Labute approximate surface area is 185 Å². The first-order valence-electron chi connectivity index (χ1n) is 11.1. The predicted molar refractivity (Wildman–Crippen MR) is 109 cm³/mol. The van der Waals surface area contributed by atoms with E-state index in [1.807, 2.05) is 0 Å². The number of alkyl halides is 1. The van der Waals surface area contributed by atoms with Crippen molar-refractivity contribution in [3.05, 3.63) is 23.6 Å². The number of aliphatic hydroxyl groups excluding tert-OH is 1. The molecule has 32 heavy (non-hydrogen) atoms. The predicted octanol–water partition coefficient (Wildman–Crippen LogP) is 2.62. The second kappa shape index (κ2) is 7.29. The first kappa shape index (κ1) is 23.2. The molecule has 0 amide bonds. The molecule has 4 rings (SSSR count). The summed E-state index contributed by atoms with van der Waals surface area (Å²) in [5.41, 5.74) is -4.31. The number of aliphatic hydroxyl groups is 2. The summed E-state index contributed by atoms with van der Waals surface area (Å²) in [7, 11) is 0. The largest absolute Gasteiger partial charge is 0.458 e. The highest BCUT2D eigenvalue weighted by atomic mass is 19.1. The number of carbonyl (C=O) groups is 3. The van der Waals surface area contributed by atoms with Crippen LogP contribution in [0, 0.1) is 34.5 Å². The van der Waals surface area contributed by atoms with Gasteiger partial charge in [0.15, 0.2) is 12.4 Å². The molecule has 176 valence electrons. The molecule has 0 aromatic heterocycles. The number of hydrogen-bond acceptors (Lipinski definition) is 6. The minimum absolute atomic E-state index is 0.0503. The van der Waals surface area contributed by atoms with E-state index in [-0.39, 0.29) is 24.3 Å². The van der Waals surface area contributed by atoms with E-state index in [2.05, 4.69) is 0 Å².